The summed E-state index contributed by atoms with van der Waals surface area (Å²) in [6.07, 6.45) is 3.97. The van der Waals surface area contributed by atoms with E-state index in [1.54, 1.807) is 0 Å². The van der Waals surface area contributed by atoms with Gasteiger partial charge >= 0.3 is 22.4 Å². The third kappa shape index (κ3) is 1.35. The number of aromatic nitrogens is 3. The molecular formula is C2H2AuN3. The van der Waals surface area contributed by atoms with Gasteiger partial charge in [-0.2, -0.15) is 0 Å². The zero-order valence-electron chi connectivity index (χ0n) is 2.77. The summed E-state index contributed by atoms with van der Waals surface area (Å²) in [7, 11) is 0. The molecule has 0 aliphatic rings. The number of H-pyrrole nitrogens is 1. The van der Waals surface area contributed by atoms with Crippen molar-refractivity contribution in [3.63, 3.8) is 0 Å². The SMILES string of the molecule is [Au+].[c-]1c[nH]nn1. The van der Waals surface area contributed by atoms with Crippen LogP contribution in [0.3, 0.4) is 0 Å². The zero-order valence-corrected chi connectivity index (χ0v) is 4.94. The molecule has 1 N–H and O–H groups in total. The van der Waals surface area contributed by atoms with Gasteiger partial charge in [0.15, 0.2) is 0 Å². The van der Waals surface area contributed by atoms with E-state index in [0.717, 1.165) is 0 Å². The molecule has 0 bridgehead atoms. The van der Waals surface area contributed by atoms with Crippen LogP contribution in [-0.4, -0.2) is 15.4 Å². The van der Waals surface area contributed by atoms with Crippen molar-refractivity contribution in [2.75, 3.05) is 0 Å². The van der Waals surface area contributed by atoms with Crippen molar-refractivity contribution >= 4 is 0 Å². The molecule has 0 unspecified atom stereocenters. The summed E-state index contributed by atoms with van der Waals surface area (Å²) < 4.78 is 0. The van der Waals surface area contributed by atoms with E-state index in [-0.39, 0.29) is 22.4 Å². The summed E-state index contributed by atoms with van der Waals surface area (Å²) in [6, 6.07) is 0. The largest absolute Gasteiger partial charge is 1.00 e. The normalized spacial score (nSPS) is 6.67. The van der Waals surface area contributed by atoms with Crippen LogP contribution in [0.25, 0.3) is 0 Å². The molecule has 4 heteroatoms. The van der Waals surface area contributed by atoms with E-state index in [0.29, 0.717) is 0 Å². The van der Waals surface area contributed by atoms with Crippen molar-refractivity contribution < 1.29 is 22.4 Å². The molecule has 0 fully saturated rings. The molecule has 0 aliphatic heterocycles. The summed E-state index contributed by atoms with van der Waals surface area (Å²) >= 11 is 0. The van der Waals surface area contributed by atoms with Crippen molar-refractivity contribution in [2.45, 2.75) is 0 Å². The predicted molar refractivity (Wildman–Crippen MR) is 15.2 cm³/mol. The molecular weight excluding hydrogens is 263 g/mol. The second-order valence-electron chi connectivity index (χ2n) is 0.603. The number of hydrogen-bond donors (Lipinski definition) is 1. The van der Waals surface area contributed by atoms with Crippen LogP contribution in [0.1, 0.15) is 0 Å². The second-order valence-corrected chi connectivity index (χ2v) is 0.603. The molecule has 0 aromatic carbocycles. The third-order valence-electron chi connectivity index (χ3n) is 0.295. The van der Waals surface area contributed by atoms with Gasteiger partial charge in [-0.25, -0.2) is 0 Å². The Morgan fingerprint density at radius 1 is 1.67 bits per heavy atom. The first-order valence-corrected chi connectivity index (χ1v) is 1.22. The van der Waals surface area contributed by atoms with Gasteiger partial charge in [-0.3, -0.25) is 0 Å². The molecule has 36 valence electrons. The fourth-order valence-electron chi connectivity index (χ4n) is 0.144. The molecule has 0 saturated carbocycles. The Labute approximate surface area is 50.7 Å². The fourth-order valence-corrected chi connectivity index (χ4v) is 0.144. The van der Waals surface area contributed by atoms with Gasteiger partial charge < -0.3 is 16.4 Å². The third-order valence-corrected chi connectivity index (χ3v) is 0.295. The fraction of sp³-hybridized carbons (Fsp3) is 0. The number of nitrogens with zero attached hydrogens (tertiary/aromatic N) is 2. The molecule has 0 saturated heterocycles. The topological polar surface area (TPSA) is 41.6 Å². The van der Waals surface area contributed by atoms with Crippen molar-refractivity contribution in [3.05, 3.63) is 12.4 Å². The van der Waals surface area contributed by atoms with E-state index in [1.165, 1.54) is 6.20 Å². The van der Waals surface area contributed by atoms with Crippen molar-refractivity contribution in [3.8, 4) is 0 Å². The van der Waals surface area contributed by atoms with Gasteiger partial charge in [0.05, 0.1) is 0 Å². The number of nitrogens with one attached hydrogen (secondary N) is 1. The molecule has 0 atom stereocenters. The van der Waals surface area contributed by atoms with E-state index < -0.39 is 0 Å². The summed E-state index contributed by atoms with van der Waals surface area (Å²) in [5.41, 5.74) is 0. The van der Waals surface area contributed by atoms with Crippen molar-refractivity contribution in [1.29, 1.82) is 0 Å². The second kappa shape index (κ2) is 3.09. The molecule has 6 heavy (non-hydrogen) atoms. The van der Waals surface area contributed by atoms with Crippen LogP contribution in [-0.2, 0) is 22.4 Å². The summed E-state index contributed by atoms with van der Waals surface area (Å²) in [4.78, 5) is 0. The van der Waals surface area contributed by atoms with E-state index in [4.69, 9.17) is 0 Å². The minimum absolute atomic E-state index is 0. The standard InChI is InChI=1S/C2H2N3.Au/c1-2-4-5-3-1;/h1H,(H,3,4,5);/q-1;+1. The van der Waals surface area contributed by atoms with Crippen LogP contribution < -0.4 is 0 Å². The number of aromatic amines is 1. The van der Waals surface area contributed by atoms with Gasteiger partial charge in [-0.1, -0.05) is 0 Å². The monoisotopic (exact) mass is 265 g/mol. The molecule has 0 radical (unpaired) electrons. The van der Waals surface area contributed by atoms with Crippen molar-refractivity contribution in [1.82, 2.24) is 15.4 Å². The Morgan fingerprint density at radius 2 is 2.50 bits per heavy atom. The smallest absolute Gasteiger partial charge is 0.352 e. The zero-order chi connectivity index (χ0) is 3.54. The van der Waals surface area contributed by atoms with E-state index in [1.807, 2.05) is 0 Å². The van der Waals surface area contributed by atoms with E-state index in [9.17, 15) is 0 Å². The Hall–Kier alpha value is -0.120. The molecule has 1 aromatic rings. The van der Waals surface area contributed by atoms with Gasteiger partial charge in [-0.05, 0) is 0 Å². The van der Waals surface area contributed by atoms with E-state index >= 15 is 0 Å². The minimum Gasteiger partial charge on any atom is -0.352 e. The molecule has 0 amide bonds. The Bertz CT molecular complexity index is 65.3. The van der Waals surface area contributed by atoms with Gasteiger partial charge in [0.25, 0.3) is 0 Å². The molecule has 1 heterocycles. The van der Waals surface area contributed by atoms with Gasteiger partial charge in [0.1, 0.15) is 0 Å². The maximum absolute atomic E-state index is 3.29. The molecule has 1 rings (SSSR count). The van der Waals surface area contributed by atoms with Gasteiger partial charge in [0, 0.05) is 0 Å². The van der Waals surface area contributed by atoms with E-state index in [2.05, 4.69) is 21.6 Å². The average Bonchev–Trinajstić information content (AvgIpc) is 1.76. The first-order chi connectivity index (χ1) is 2.50. The van der Waals surface area contributed by atoms with Crippen LogP contribution in [0, 0.1) is 6.20 Å². The number of rotatable bonds is 0. The first-order valence-electron chi connectivity index (χ1n) is 1.22. The first kappa shape index (κ1) is 5.88. The summed E-state index contributed by atoms with van der Waals surface area (Å²) in [6.45, 7) is 0. The quantitative estimate of drug-likeness (QED) is 0.512. The average molecular weight is 265 g/mol. The predicted octanol–water partition coefficient (Wildman–Crippen LogP) is -0.398. The minimum atomic E-state index is 0. The van der Waals surface area contributed by atoms with Crippen LogP contribution in [0.4, 0.5) is 0 Å². The maximum atomic E-state index is 3.29. The molecule has 0 spiro atoms. The van der Waals surface area contributed by atoms with Crippen LogP contribution in [0.2, 0.25) is 0 Å². The Balaban J connectivity index is 0.000000250. The Kier molecular flexibility index (Phi) is 3.02. The van der Waals surface area contributed by atoms with Crippen LogP contribution >= 0.6 is 0 Å². The summed E-state index contributed by atoms with van der Waals surface area (Å²) in [5.74, 6) is 0. The van der Waals surface area contributed by atoms with Gasteiger partial charge in [-0.15, -0.1) is 11.4 Å². The van der Waals surface area contributed by atoms with Gasteiger partial charge in [0.2, 0.25) is 0 Å². The summed E-state index contributed by atoms with van der Waals surface area (Å²) in [5, 5.41) is 9.03. The van der Waals surface area contributed by atoms with Crippen LogP contribution in [0.5, 0.6) is 0 Å². The number of hydrogen-bond acceptors (Lipinski definition) is 2. The molecule has 3 nitrogen and oxygen atoms in total. The van der Waals surface area contributed by atoms with Crippen molar-refractivity contribution in [2.24, 2.45) is 0 Å². The maximum Gasteiger partial charge on any atom is 1.00 e. The molecule has 0 aliphatic carbocycles. The van der Waals surface area contributed by atoms with Crippen LogP contribution in [0.15, 0.2) is 6.20 Å². The Morgan fingerprint density at radius 3 is 2.67 bits per heavy atom. The molecule has 1 aromatic heterocycles.